The van der Waals surface area contributed by atoms with Gasteiger partial charge in [-0.25, -0.2) is 8.42 Å². The Bertz CT molecular complexity index is 359. The summed E-state index contributed by atoms with van der Waals surface area (Å²) < 4.78 is 23.3. The Hall–Kier alpha value is -0.840. The summed E-state index contributed by atoms with van der Waals surface area (Å²) in [6.07, 6.45) is 2.74. The lowest BCUT2D eigenvalue weighted by molar-refractivity contribution is 0.462. The summed E-state index contributed by atoms with van der Waals surface area (Å²) in [5, 5.41) is 6.11. The maximum atomic E-state index is 11.6. The van der Waals surface area contributed by atoms with Gasteiger partial charge in [-0.2, -0.15) is 5.10 Å². The Morgan fingerprint density at radius 3 is 2.46 bits per heavy atom. The summed E-state index contributed by atoms with van der Waals surface area (Å²) in [4.78, 5) is 0.266. The zero-order chi connectivity index (χ0) is 10.1. The number of nitrogens with one attached hydrogen (secondary N) is 1. The fraction of sp³-hybridized carbons (Fsp3) is 0.625. The molecule has 1 rings (SSSR count). The number of rotatable bonds is 2. The highest BCUT2D eigenvalue weighted by Gasteiger charge is 2.23. The molecule has 5 heteroatoms. The van der Waals surface area contributed by atoms with Crippen LogP contribution in [0.1, 0.15) is 20.8 Å². The smallest absolute Gasteiger partial charge is 0.181 e. The minimum absolute atomic E-state index is 0.138. The van der Waals surface area contributed by atoms with E-state index in [2.05, 4.69) is 10.2 Å². The van der Waals surface area contributed by atoms with Crippen molar-refractivity contribution in [2.24, 2.45) is 5.41 Å². The first-order chi connectivity index (χ1) is 5.81. The largest absolute Gasteiger partial charge is 0.284 e. The van der Waals surface area contributed by atoms with Gasteiger partial charge in [-0.1, -0.05) is 20.8 Å². The molecule has 0 aliphatic carbocycles. The Kier molecular flexibility index (Phi) is 2.47. The van der Waals surface area contributed by atoms with Gasteiger partial charge in [0, 0.05) is 6.20 Å². The van der Waals surface area contributed by atoms with Crippen LogP contribution in [-0.4, -0.2) is 24.4 Å². The van der Waals surface area contributed by atoms with Crippen LogP contribution in [0.4, 0.5) is 0 Å². The minimum atomic E-state index is -3.17. The summed E-state index contributed by atoms with van der Waals surface area (Å²) in [6, 6.07) is 0. The molecule has 0 aliphatic rings. The summed E-state index contributed by atoms with van der Waals surface area (Å²) in [6.45, 7) is 5.68. The van der Waals surface area contributed by atoms with Crippen LogP contribution >= 0.6 is 0 Å². The summed E-state index contributed by atoms with van der Waals surface area (Å²) in [5.41, 5.74) is -0.226. The molecule has 0 spiro atoms. The van der Waals surface area contributed by atoms with E-state index < -0.39 is 9.84 Å². The third kappa shape index (κ3) is 2.84. The highest BCUT2D eigenvalue weighted by Crippen LogP contribution is 2.20. The van der Waals surface area contributed by atoms with Crippen LogP contribution in [0, 0.1) is 5.41 Å². The lowest BCUT2D eigenvalue weighted by Gasteiger charge is -2.16. The van der Waals surface area contributed by atoms with Gasteiger partial charge in [0.25, 0.3) is 0 Å². The maximum Gasteiger partial charge on any atom is 0.181 e. The fourth-order valence-electron chi connectivity index (χ4n) is 1.06. The maximum absolute atomic E-state index is 11.6. The molecule has 0 amide bonds. The highest BCUT2D eigenvalue weighted by molar-refractivity contribution is 7.91. The number of sulfone groups is 1. The molecule has 1 aromatic heterocycles. The van der Waals surface area contributed by atoms with Crippen molar-refractivity contribution in [2.45, 2.75) is 25.7 Å². The molecule has 13 heavy (non-hydrogen) atoms. The van der Waals surface area contributed by atoms with Crippen molar-refractivity contribution in [1.82, 2.24) is 10.2 Å². The van der Waals surface area contributed by atoms with Crippen molar-refractivity contribution < 1.29 is 8.42 Å². The molecule has 74 valence electrons. The van der Waals surface area contributed by atoms with Crippen LogP contribution in [0.5, 0.6) is 0 Å². The number of nitrogens with zero attached hydrogens (tertiary/aromatic N) is 1. The zero-order valence-corrected chi connectivity index (χ0v) is 8.85. The Labute approximate surface area is 78.3 Å². The molecule has 0 radical (unpaired) electrons. The van der Waals surface area contributed by atoms with Gasteiger partial charge in [0.1, 0.15) is 4.90 Å². The molecule has 1 N–H and O–H groups in total. The molecule has 0 unspecified atom stereocenters. The van der Waals surface area contributed by atoms with Gasteiger partial charge in [-0.15, -0.1) is 0 Å². The van der Waals surface area contributed by atoms with Gasteiger partial charge in [0.05, 0.1) is 11.9 Å². The summed E-state index contributed by atoms with van der Waals surface area (Å²) >= 11 is 0. The average Bonchev–Trinajstić information content (AvgIpc) is 2.29. The number of aromatic amines is 1. The van der Waals surface area contributed by atoms with E-state index in [0.29, 0.717) is 0 Å². The van der Waals surface area contributed by atoms with E-state index in [1.807, 2.05) is 20.8 Å². The third-order valence-corrected chi connectivity index (χ3v) is 3.64. The van der Waals surface area contributed by atoms with Crippen LogP contribution in [0.25, 0.3) is 0 Å². The predicted octanol–water partition coefficient (Wildman–Crippen LogP) is 1.23. The van der Waals surface area contributed by atoms with Crippen molar-refractivity contribution in [3.8, 4) is 0 Å². The average molecular weight is 202 g/mol. The summed E-state index contributed by atoms with van der Waals surface area (Å²) in [5.74, 6) is 0.138. The van der Waals surface area contributed by atoms with E-state index in [0.717, 1.165) is 0 Å². The molecule has 0 aliphatic heterocycles. The quantitative estimate of drug-likeness (QED) is 0.784. The van der Waals surface area contributed by atoms with Gasteiger partial charge in [-0.3, -0.25) is 5.10 Å². The Morgan fingerprint density at radius 2 is 2.08 bits per heavy atom. The first-order valence-corrected chi connectivity index (χ1v) is 5.68. The Balaban J connectivity index is 2.93. The number of aromatic nitrogens is 2. The first kappa shape index (κ1) is 10.2. The Morgan fingerprint density at radius 1 is 1.46 bits per heavy atom. The van der Waals surface area contributed by atoms with Gasteiger partial charge in [0.15, 0.2) is 9.84 Å². The third-order valence-electron chi connectivity index (χ3n) is 1.46. The van der Waals surface area contributed by atoms with Crippen LogP contribution < -0.4 is 0 Å². The van der Waals surface area contributed by atoms with Gasteiger partial charge in [-0.05, 0) is 5.41 Å². The monoisotopic (exact) mass is 202 g/mol. The van der Waals surface area contributed by atoms with Crippen molar-refractivity contribution >= 4 is 9.84 Å². The van der Waals surface area contributed by atoms with E-state index in [4.69, 9.17) is 0 Å². The van der Waals surface area contributed by atoms with E-state index in [9.17, 15) is 8.42 Å². The van der Waals surface area contributed by atoms with Crippen molar-refractivity contribution in [3.05, 3.63) is 12.4 Å². The van der Waals surface area contributed by atoms with Crippen LogP contribution in [0.2, 0.25) is 0 Å². The van der Waals surface area contributed by atoms with E-state index in [1.165, 1.54) is 12.4 Å². The van der Waals surface area contributed by atoms with E-state index >= 15 is 0 Å². The molecule has 1 heterocycles. The predicted molar refractivity (Wildman–Crippen MR) is 50.1 cm³/mol. The SMILES string of the molecule is CC(C)(C)CS(=O)(=O)c1cn[nH]c1. The highest BCUT2D eigenvalue weighted by atomic mass is 32.2. The van der Waals surface area contributed by atoms with Crippen LogP contribution in [0.3, 0.4) is 0 Å². The van der Waals surface area contributed by atoms with Crippen LogP contribution in [0.15, 0.2) is 17.3 Å². The molecule has 4 nitrogen and oxygen atoms in total. The molecular formula is C8H14N2O2S. The zero-order valence-electron chi connectivity index (χ0n) is 8.03. The van der Waals surface area contributed by atoms with Crippen molar-refractivity contribution in [3.63, 3.8) is 0 Å². The lowest BCUT2D eigenvalue weighted by atomic mass is 10.0. The molecule has 0 bridgehead atoms. The standard InChI is InChI=1S/C8H14N2O2S/c1-8(2,3)6-13(11,12)7-4-9-10-5-7/h4-5H,6H2,1-3H3,(H,9,10). The van der Waals surface area contributed by atoms with Gasteiger partial charge in [0.2, 0.25) is 0 Å². The molecule has 0 saturated heterocycles. The number of H-pyrrole nitrogens is 1. The molecule has 1 aromatic rings. The number of hydrogen-bond acceptors (Lipinski definition) is 3. The molecule has 0 atom stereocenters. The second-order valence-corrected chi connectivity index (χ2v) is 6.24. The molecule has 0 fully saturated rings. The van der Waals surface area contributed by atoms with Gasteiger partial charge >= 0.3 is 0 Å². The van der Waals surface area contributed by atoms with Gasteiger partial charge < -0.3 is 0 Å². The van der Waals surface area contributed by atoms with Crippen molar-refractivity contribution in [1.29, 1.82) is 0 Å². The molecule has 0 saturated carbocycles. The first-order valence-electron chi connectivity index (χ1n) is 4.03. The second-order valence-electron chi connectivity index (χ2n) is 4.25. The van der Waals surface area contributed by atoms with E-state index in [-0.39, 0.29) is 16.1 Å². The van der Waals surface area contributed by atoms with Crippen molar-refractivity contribution in [2.75, 3.05) is 5.75 Å². The lowest BCUT2D eigenvalue weighted by Crippen LogP contribution is -2.20. The fourth-order valence-corrected chi connectivity index (χ4v) is 2.81. The second kappa shape index (κ2) is 3.14. The molecular weight excluding hydrogens is 188 g/mol. The molecule has 0 aromatic carbocycles. The van der Waals surface area contributed by atoms with Crippen LogP contribution in [-0.2, 0) is 9.84 Å². The normalized spacial score (nSPS) is 13.2. The van der Waals surface area contributed by atoms with E-state index in [1.54, 1.807) is 0 Å². The minimum Gasteiger partial charge on any atom is -0.284 e. The number of hydrogen-bond donors (Lipinski definition) is 1. The summed E-state index contributed by atoms with van der Waals surface area (Å²) in [7, 11) is -3.17. The topological polar surface area (TPSA) is 62.8 Å².